The quantitative estimate of drug-likeness (QED) is 0.548. The second-order valence-corrected chi connectivity index (χ2v) is 2.43. The van der Waals surface area contributed by atoms with Crippen LogP contribution < -0.4 is 0 Å². The molecule has 1 rings (SSSR count). The number of allylic oxidation sites excluding steroid dienone is 2. The third kappa shape index (κ3) is 2.14. The molecule has 0 bridgehead atoms. The number of hydrogen-bond acceptors (Lipinski definition) is 3. The predicted octanol–water partition coefficient (Wildman–Crippen LogP) is 1.65. The summed E-state index contributed by atoms with van der Waals surface area (Å²) >= 11 is 0. The van der Waals surface area contributed by atoms with Crippen molar-refractivity contribution in [2.24, 2.45) is 0 Å². The van der Waals surface area contributed by atoms with Crippen LogP contribution in [0.5, 0.6) is 0 Å². The maximum absolute atomic E-state index is 8.44. The zero-order valence-electron chi connectivity index (χ0n) is 6.53. The Bertz CT molecular complexity index is 275. The van der Waals surface area contributed by atoms with Crippen LogP contribution in [0.3, 0.4) is 0 Å². The SMILES string of the molecule is N#CC(C#N)=CC1CCC=CO1. The first-order valence-electron chi connectivity index (χ1n) is 3.69. The largest absolute Gasteiger partial charge is 0.494 e. The van der Waals surface area contributed by atoms with Crippen molar-refractivity contribution in [3.63, 3.8) is 0 Å². The molecule has 0 saturated heterocycles. The molecular weight excluding hydrogens is 152 g/mol. The maximum atomic E-state index is 8.44. The van der Waals surface area contributed by atoms with Crippen molar-refractivity contribution in [1.82, 2.24) is 0 Å². The van der Waals surface area contributed by atoms with Gasteiger partial charge in [-0.3, -0.25) is 0 Å². The Labute approximate surface area is 71.2 Å². The maximum Gasteiger partial charge on any atom is 0.129 e. The van der Waals surface area contributed by atoms with Crippen molar-refractivity contribution in [3.8, 4) is 12.1 Å². The summed E-state index contributed by atoms with van der Waals surface area (Å²) < 4.78 is 5.15. The molecule has 1 aliphatic heterocycles. The number of hydrogen-bond donors (Lipinski definition) is 0. The van der Waals surface area contributed by atoms with Crippen LogP contribution in [-0.4, -0.2) is 6.10 Å². The highest BCUT2D eigenvalue weighted by Crippen LogP contribution is 2.12. The summed E-state index contributed by atoms with van der Waals surface area (Å²) in [7, 11) is 0. The van der Waals surface area contributed by atoms with Gasteiger partial charge in [0.15, 0.2) is 0 Å². The predicted molar refractivity (Wildman–Crippen MR) is 42.6 cm³/mol. The van der Waals surface area contributed by atoms with Crippen molar-refractivity contribution in [2.45, 2.75) is 18.9 Å². The molecule has 0 aliphatic carbocycles. The molecule has 60 valence electrons. The van der Waals surface area contributed by atoms with Crippen LogP contribution in [0, 0.1) is 22.7 Å². The van der Waals surface area contributed by atoms with E-state index in [1.54, 1.807) is 24.5 Å². The Morgan fingerprint density at radius 1 is 1.50 bits per heavy atom. The monoisotopic (exact) mass is 160 g/mol. The van der Waals surface area contributed by atoms with E-state index in [0.29, 0.717) is 0 Å². The van der Waals surface area contributed by atoms with Crippen LogP contribution in [0.25, 0.3) is 0 Å². The molecule has 1 unspecified atom stereocenters. The zero-order valence-corrected chi connectivity index (χ0v) is 6.53. The van der Waals surface area contributed by atoms with Gasteiger partial charge in [0.05, 0.1) is 6.26 Å². The molecule has 3 nitrogen and oxygen atoms in total. The smallest absolute Gasteiger partial charge is 0.129 e. The molecule has 1 atom stereocenters. The van der Waals surface area contributed by atoms with Crippen molar-refractivity contribution < 1.29 is 4.74 Å². The fourth-order valence-corrected chi connectivity index (χ4v) is 0.961. The molecule has 0 spiro atoms. The van der Waals surface area contributed by atoms with Crippen molar-refractivity contribution in [3.05, 3.63) is 24.0 Å². The molecule has 0 aromatic rings. The van der Waals surface area contributed by atoms with E-state index in [9.17, 15) is 0 Å². The molecular formula is C9H8N2O. The first-order chi connectivity index (χ1) is 5.86. The molecule has 0 amide bonds. The van der Waals surface area contributed by atoms with Crippen LogP contribution in [0.4, 0.5) is 0 Å². The average Bonchev–Trinajstić information content (AvgIpc) is 2.16. The summed E-state index contributed by atoms with van der Waals surface area (Å²) in [6.45, 7) is 0. The van der Waals surface area contributed by atoms with E-state index in [1.165, 1.54) is 0 Å². The molecule has 0 N–H and O–H groups in total. The van der Waals surface area contributed by atoms with Gasteiger partial charge in [0.2, 0.25) is 0 Å². The summed E-state index contributed by atoms with van der Waals surface area (Å²) in [4.78, 5) is 0. The van der Waals surface area contributed by atoms with Gasteiger partial charge in [-0.2, -0.15) is 10.5 Å². The first kappa shape index (κ1) is 8.36. The Balaban J connectivity index is 2.62. The van der Waals surface area contributed by atoms with E-state index in [2.05, 4.69) is 0 Å². The fourth-order valence-electron chi connectivity index (χ4n) is 0.961. The average molecular weight is 160 g/mol. The van der Waals surface area contributed by atoms with Crippen LogP contribution in [0.1, 0.15) is 12.8 Å². The Morgan fingerprint density at radius 3 is 2.75 bits per heavy atom. The first-order valence-corrected chi connectivity index (χ1v) is 3.69. The second-order valence-electron chi connectivity index (χ2n) is 2.43. The summed E-state index contributed by atoms with van der Waals surface area (Å²) in [6, 6.07) is 3.59. The summed E-state index contributed by atoms with van der Waals surface area (Å²) in [5.41, 5.74) is 0.121. The van der Waals surface area contributed by atoms with E-state index in [0.717, 1.165) is 12.8 Å². The lowest BCUT2D eigenvalue weighted by Crippen LogP contribution is -2.09. The lowest BCUT2D eigenvalue weighted by molar-refractivity contribution is 0.165. The van der Waals surface area contributed by atoms with E-state index in [4.69, 9.17) is 15.3 Å². The van der Waals surface area contributed by atoms with Gasteiger partial charge >= 0.3 is 0 Å². The minimum atomic E-state index is -0.107. The van der Waals surface area contributed by atoms with E-state index >= 15 is 0 Å². The van der Waals surface area contributed by atoms with Gasteiger partial charge in [-0.15, -0.1) is 0 Å². The summed E-state index contributed by atoms with van der Waals surface area (Å²) in [5, 5.41) is 16.9. The van der Waals surface area contributed by atoms with Crippen molar-refractivity contribution in [1.29, 1.82) is 10.5 Å². The highest BCUT2D eigenvalue weighted by Gasteiger charge is 2.08. The topological polar surface area (TPSA) is 56.8 Å². The Kier molecular flexibility index (Phi) is 2.93. The molecule has 0 fully saturated rings. The van der Waals surface area contributed by atoms with Gasteiger partial charge in [-0.25, -0.2) is 0 Å². The minimum absolute atomic E-state index is 0.107. The van der Waals surface area contributed by atoms with Gasteiger partial charge in [0, 0.05) is 0 Å². The molecule has 0 aromatic carbocycles. The normalized spacial score (nSPS) is 20.0. The van der Waals surface area contributed by atoms with E-state index < -0.39 is 0 Å². The minimum Gasteiger partial charge on any atom is -0.494 e. The molecule has 0 saturated carbocycles. The van der Waals surface area contributed by atoms with Crippen LogP contribution >= 0.6 is 0 Å². The molecule has 1 aliphatic rings. The van der Waals surface area contributed by atoms with E-state index in [1.807, 2.05) is 6.08 Å². The van der Waals surface area contributed by atoms with Crippen LogP contribution in [0.2, 0.25) is 0 Å². The molecule has 0 aromatic heterocycles. The van der Waals surface area contributed by atoms with Gasteiger partial charge < -0.3 is 4.74 Å². The van der Waals surface area contributed by atoms with Crippen molar-refractivity contribution >= 4 is 0 Å². The number of nitrogens with zero attached hydrogens (tertiary/aromatic N) is 2. The molecule has 12 heavy (non-hydrogen) atoms. The van der Waals surface area contributed by atoms with E-state index in [-0.39, 0.29) is 11.7 Å². The Hall–Kier alpha value is -1.74. The van der Waals surface area contributed by atoms with Crippen LogP contribution in [-0.2, 0) is 4.74 Å². The molecule has 3 heteroatoms. The third-order valence-corrected chi connectivity index (χ3v) is 1.56. The number of rotatable bonds is 1. The fraction of sp³-hybridized carbons (Fsp3) is 0.333. The van der Waals surface area contributed by atoms with Gasteiger partial charge in [-0.05, 0) is 25.0 Å². The summed E-state index contributed by atoms with van der Waals surface area (Å²) in [6.07, 6.45) is 6.75. The Morgan fingerprint density at radius 2 is 2.25 bits per heavy atom. The van der Waals surface area contributed by atoms with Crippen LogP contribution in [0.15, 0.2) is 24.0 Å². The second kappa shape index (κ2) is 4.20. The van der Waals surface area contributed by atoms with Crippen molar-refractivity contribution in [2.75, 3.05) is 0 Å². The highest BCUT2D eigenvalue weighted by atomic mass is 16.5. The lowest BCUT2D eigenvalue weighted by Gasteiger charge is -2.14. The lowest BCUT2D eigenvalue weighted by atomic mass is 10.1. The zero-order chi connectivity index (χ0) is 8.81. The van der Waals surface area contributed by atoms with Gasteiger partial charge in [-0.1, -0.05) is 0 Å². The third-order valence-electron chi connectivity index (χ3n) is 1.56. The molecule has 0 radical (unpaired) electrons. The highest BCUT2D eigenvalue weighted by molar-refractivity contribution is 5.36. The van der Waals surface area contributed by atoms with Gasteiger partial charge in [0.25, 0.3) is 0 Å². The standard InChI is InChI=1S/C9H8N2O/c10-6-8(7-11)5-9-3-1-2-4-12-9/h2,4-5,9H,1,3H2. The summed E-state index contributed by atoms with van der Waals surface area (Å²) in [5.74, 6) is 0. The number of nitriles is 2. The van der Waals surface area contributed by atoms with Gasteiger partial charge in [0.1, 0.15) is 23.8 Å². The number of ether oxygens (including phenoxy) is 1. The molecule has 1 heterocycles.